The SMILES string of the molecule is COC(=O)C1=C(C)NC2=C(C(=O)CC(C)(C)C2)[C@H]1c1cc(CSc2cc(Cl)ccc2Cl)c(C)cc1C. The Morgan fingerprint density at radius 2 is 1.83 bits per heavy atom. The number of ether oxygens (including phenoxy) is 1. The molecular weight excluding hydrogens is 513 g/mol. The van der Waals surface area contributed by atoms with Gasteiger partial charge in [0, 0.05) is 45.0 Å². The number of hydrogen-bond acceptors (Lipinski definition) is 5. The van der Waals surface area contributed by atoms with Crippen molar-refractivity contribution < 1.29 is 14.3 Å². The van der Waals surface area contributed by atoms with Gasteiger partial charge in [0.05, 0.1) is 17.7 Å². The predicted octanol–water partition coefficient (Wildman–Crippen LogP) is 7.68. The summed E-state index contributed by atoms with van der Waals surface area (Å²) in [5, 5.41) is 4.67. The lowest BCUT2D eigenvalue weighted by atomic mass is 9.68. The summed E-state index contributed by atoms with van der Waals surface area (Å²) >= 11 is 14.2. The van der Waals surface area contributed by atoms with Crippen LogP contribution >= 0.6 is 35.0 Å². The molecule has 0 unspecified atom stereocenters. The second kappa shape index (κ2) is 10.3. The number of ketones is 1. The Morgan fingerprint density at radius 1 is 1.11 bits per heavy atom. The number of benzene rings is 2. The van der Waals surface area contributed by atoms with Crippen molar-refractivity contribution in [3.8, 4) is 0 Å². The minimum Gasteiger partial charge on any atom is -0.466 e. The van der Waals surface area contributed by atoms with Crippen LogP contribution in [0.1, 0.15) is 61.8 Å². The highest BCUT2D eigenvalue weighted by Crippen LogP contribution is 2.48. The molecule has 1 aliphatic heterocycles. The lowest BCUT2D eigenvalue weighted by Crippen LogP contribution is -2.38. The monoisotopic (exact) mass is 543 g/mol. The van der Waals surface area contributed by atoms with Gasteiger partial charge in [-0.15, -0.1) is 11.8 Å². The summed E-state index contributed by atoms with van der Waals surface area (Å²) in [4.78, 5) is 27.5. The molecule has 0 spiro atoms. The van der Waals surface area contributed by atoms with E-state index in [1.54, 1.807) is 23.9 Å². The van der Waals surface area contributed by atoms with Crippen molar-refractivity contribution in [1.82, 2.24) is 5.32 Å². The molecule has 1 heterocycles. The van der Waals surface area contributed by atoms with E-state index in [1.807, 2.05) is 19.9 Å². The highest BCUT2D eigenvalue weighted by molar-refractivity contribution is 7.98. The topological polar surface area (TPSA) is 55.4 Å². The molecule has 0 saturated carbocycles. The van der Waals surface area contributed by atoms with Crippen LogP contribution in [0, 0.1) is 19.3 Å². The number of dihydropyridines is 1. The van der Waals surface area contributed by atoms with Gasteiger partial charge in [-0.05, 0) is 73.1 Å². The Labute approximate surface area is 227 Å². The van der Waals surface area contributed by atoms with Crippen molar-refractivity contribution in [2.75, 3.05) is 7.11 Å². The zero-order valence-electron chi connectivity index (χ0n) is 21.5. The normalized spacial score (nSPS) is 19.2. The number of carbonyl (C=O) groups excluding carboxylic acids is 2. The number of carbonyl (C=O) groups is 2. The second-order valence-electron chi connectivity index (χ2n) is 10.4. The van der Waals surface area contributed by atoms with Gasteiger partial charge in [-0.1, -0.05) is 49.2 Å². The highest BCUT2D eigenvalue weighted by Gasteiger charge is 2.43. The molecule has 7 heteroatoms. The predicted molar refractivity (Wildman–Crippen MR) is 148 cm³/mol. The number of aryl methyl sites for hydroxylation is 2. The Morgan fingerprint density at radius 3 is 2.53 bits per heavy atom. The molecule has 0 saturated heterocycles. The van der Waals surface area contributed by atoms with Crippen LogP contribution in [0.25, 0.3) is 0 Å². The number of hydrogen-bond donors (Lipinski definition) is 1. The molecule has 4 nitrogen and oxygen atoms in total. The molecule has 2 aromatic carbocycles. The van der Waals surface area contributed by atoms with Crippen molar-refractivity contribution >= 4 is 46.7 Å². The maximum Gasteiger partial charge on any atom is 0.336 e. The van der Waals surface area contributed by atoms with Gasteiger partial charge in [0.2, 0.25) is 0 Å². The number of allylic oxidation sites excluding steroid dienone is 3. The summed E-state index contributed by atoms with van der Waals surface area (Å²) < 4.78 is 5.19. The van der Waals surface area contributed by atoms with Crippen molar-refractivity contribution in [3.63, 3.8) is 0 Å². The fourth-order valence-electron chi connectivity index (χ4n) is 5.25. The molecule has 0 amide bonds. The Hall–Kier alpha value is -2.21. The van der Waals surface area contributed by atoms with Crippen LogP contribution in [-0.4, -0.2) is 18.9 Å². The van der Waals surface area contributed by atoms with Gasteiger partial charge in [0.15, 0.2) is 5.78 Å². The third-order valence-electron chi connectivity index (χ3n) is 6.96. The fourth-order valence-corrected chi connectivity index (χ4v) is 6.81. The van der Waals surface area contributed by atoms with E-state index < -0.39 is 11.9 Å². The van der Waals surface area contributed by atoms with E-state index in [0.717, 1.165) is 45.0 Å². The average Bonchev–Trinajstić information content (AvgIpc) is 2.78. The quantitative estimate of drug-likeness (QED) is 0.309. The van der Waals surface area contributed by atoms with E-state index in [-0.39, 0.29) is 11.2 Å². The third kappa shape index (κ3) is 5.25. The molecule has 2 aromatic rings. The molecule has 4 rings (SSSR count). The largest absolute Gasteiger partial charge is 0.466 e. The third-order valence-corrected chi connectivity index (χ3v) is 8.74. The number of halogens is 2. The minimum absolute atomic E-state index is 0.0780. The van der Waals surface area contributed by atoms with Crippen LogP contribution in [-0.2, 0) is 20.1 Å². The molecule has 0 fully saturated rings. The first kappa shape index (κ1) is 26.8. The lowest BCUT2D eigenvalue weighted by Gasteiger charge is -2.39. The summed E-state index contributed by atoms with van der Waals surface area (Å²) in [6.07, 6.45) is 1.19. The summed E-state index contributed by atoms with van der Waals surface area (Å²) in [7, 11) is 1.38. The van der Waals surface area contributed by atoms with Gasteiger partial charge >= 0.3 is 5.97 Å². The smallest absolute Gasteiger partial charge is 0.336 e. The Bertz CT molecular complexity index is 1330. The van der Waals surface area contributed by atoms with Gasteiger partial charge in [-0.25, -0.2) is 4.79 Å². The molecule has 2 aliphatic rings. The Kier molecular flexibility index (Phi) is 7.66. The highest BCUT2D eigenvalue weighted by atomic mass is 35.5. The summed E-state index contributed by atoms with van der Waals surface area (Å²) in [6, 6.07) is 9.72. The maximum atomic E-state index is 13.5. The van der Waals surface area contributed by atoms with E-state index in [4.69, 9.17) is 27.9 Å². The summed E-state index contributed by atoms with van der Waals surface area (Å²) in [6.45, 7) is 10.2. The second-order valence-corrected chi connectivity index (χ2v) is 12.3. The lowest BCUT2D eigenvalue weighted by molar-refractivity contribution is -0.136. The van der Waals surface area contributed by atoms with E-state index >= 15 is 0 Å². The number of esters is 1. The number of nitrogens with one attached hydrogen (secondary N) is 1. The van der Waals surface area contributed by atoms with Gasteiger partial charge < -0.3 is 10.1 Å². The van der Waals surface area contributed by atoms with Crippen molar-refractivity contribution in [2.24, 2.45) is 5.41 Å². The van der Waals surface area contributed by atoms with Gasteiger partial charge in [-0.2, -0.15) is 0 Å². The van der Waals surface area contributed by atoms with Crippen molar-refractivity contribution in [2.45, 2.75) is 64.0 Å². The van der Waals surface area contributed by atoms with Gasteiger partial charge in [-0.3, -0.25) is 4.79 Å². The van der Waals surface area contributed by atoms with Crippen LogP contribution < -0.4 is 5.32 Å². The molecule has 0 bridgehead atoms. The number of methoxy groups -OCH3 is 1. The number of rotatable bonds is 5. The average molecular weight is 545 g/mol. The van der Waals surface area contributed by atoms with Crippen LogP contribution in [0.3, 0.4) is 0 Å². The van der Waals surface area contributed by atoms with E-state index in [0.29, 0.717) is 33.4 Å². The molecule has 0 radical (unpaired) electrons. The minimum atomic E-state index is -0.476. The van der Waals surface area contributed by atoms with Crippen LogP contribution in [0.15, 0.2) is 57.8 Å². The summed E-state index contributed by atoms with van der Waals surface area (Å²) in [5.74, 6) is -0.144. The standard InChI is InChI=1S/C29H31Cl2NO3S/c1-15-9-16(2)20(10-18(15)14-36-24-11-19(30)7-8-21(24)31)26-25(28(34)35-6)17(3)32-22-12-29(4,5)13-23(33)27(22)26/h7-11,26,32H,12-14H2,1-6H3/t26-/m0/s1. The van der Waals surface area contributed by atoms with Gasteiger partial charge in [0.1, 0.15) is 0 Å². The van der Waals surface area contributed by atoms with E-state index in [9.17, 15) is 9.59 Å². The number of thioether (sulfide) groups is 1. The van der Waals surface area contributed by atoms with E-state index in [2.05, 4.69) is 38.2 Å². The number of Topliss-reactive ketones (excluding diaryl/α,β-unsaturated/α-hetero) is 1. The van der Waals surface area contributed by atoms with E-state index in [1.165, 1.54) is 7.11 Å². The fraction of sp³-hybridized carbons (Fsp3) is 0.379. The van der Waals surface area contributed by atoms with Gasteiger partial charge in [0.25, 0.3) is 0 Å². The zero-order chi connectivity index (χ0) is 26.4. The zero-order valence-corrected chi connectivity index (χ0v) is 23.8. The molecule has 1 N–H and O–H groups in total. The van der Waals surface area contributed by atoms with Crippen LogP contribution in [0.5, 0.6) is 0 Å². The van der Waals surface area contributed by atoms with Crippen LogP contribution in [0.4, 0.5) is 0 Å². The molecule has 0 aromatic heterocycles. The molecule has 1 aliphatic carbocycles. The molecular formula is C29H31Cl2NO3S. The van der Waals surface area contributed by atoms with Crippen LogP contribution in [0.2, 0.25) is 10.0 Å². The van der Waals surface area contributed by atoms with Crippen molar-refractivity contribution in [1.29, 1.82) is 0 Å². The first-order chi connectivity index (χ1) is 16.9. The molecule has 190 valence electrons. The molecule has 36 heavy (non-hydrogen) atoms. The first-order valence-electron chi connectivity index (χ1n) is 11.9. The van der Waals surface area contributed by atoms with Crippen molar-refractivity contribution in [3.05, 3.63) is 85.2 Å². The maximum absolute atomic E-state index is 13.5. The summed E-state index contributed by atoms with van der Waals surface area (Å²) in [5.41, 5.74) is 6.92. The molecule has 1 atom stereocenters. The Balaban J connectivity index is 1.82. The first-order valence-corrected chi connectivity index (χ1v) is 13.7.